The molecule has 1 aliphatic rings. The average Bonchev–Trinajstić information content (AvgIpc) is 2.51. The Kier molecular flexibility index (Phi) is 5.46. The number of amides is 1. The van der Waals surface area contributed by atoms with Crippen molar-refractivity contribution in [2.75, 3.05) is 13.1 Å². The van der Waals surface area contributed by atoms with E-state index in [0.29, 0.717) is 0 Å². The third kappa shape index (κ3) is 4.82. The van der Waals surface area contributed by atoms with Gasteiger partial charge in [0.25, 0.3) is 0 Å². The van der Waals surface area contributed by atoms with E-state index in [0.717, 1.165) is 11.1 Å². The molecule has 0 aromatic heterocycles. The Bertz CT molecular complexity index is 575. The van der Waals surface area contributed by atoms with Crippen LogP contribution in [0.2, 0.25) is 0 Å². The number of hydrogen-bond donors (Lipinski definition) is 1. The van der Waals surface area contributed by atoms with Crippen LogP contribution < -0.4 is 0 Å². The van der Waals surface area contributed by atoms with Crippen LogP contribution in [0.3, 0.4) is 0 Å². The summed E-state index contributed by atoms with van der Waals surface area (Å²) in [6, 6.07) is 7.66. The summed E-state index contributed by atoms with van der Waals surface area (Å²) >= 11 is 0. The summed E-state index contributed by atoms with van der Waals surface area (Å²) in [6.07, 6.45) is -3.44. The number of aliphatic hydroxyl groups excluding tert-OH is 1. The predicted molar refractivity (Wildman–Crippen MR) is 81.6 cm³/mol. The van der Waals surface area contributed by atoms with E-state index in [1.54, 1.807) is 6.08 Å². The Morgan fingerprint density at radius 2 is 2.00 bits per heavy atom. The first-order valence-electron chi connectivity index (χ1n) is 7.56. The quantitative estimate of drug-likeness (QED) is 0.866. The molecule has 1 amide bonds. The highest BCUT2D eigenvalue weighted by molar-refractivity contribution is 5.91. The summed E-state index contributed by atoms with van der Waals surface area (Å²) in [7, 11) is 0. The lowest BCUT2D eigenvalue weighted by Crippen LogP contribution is -2.44. The monoisotopic (exact) mass is 327 g/mol. The van der Waals surface area contributed by atoms with Crippen molar-refractivity contribution in [3.8, 4) is 0 Å². The van der Waals surface area contributed by atoms with Crippen molar-refractivity contribution in [1.29, 1.82) is 0 Å². The summed E-state index contributed by atoms with van der Waals surface area (Å²) in [4.78, 5) is 13.6. The lowest BCUT2D eigenvalue weighted by molar-refractivity contribution is -0.222. The smallest absolute Gasteiger partial charge is 0.383 e. The van der Waals surface area contributed by atoms with Crippen molar-refractivity contribution in [2.24, 2.45) is 5.92 Å². The van der Waals surface area contributed by atoms with E-state index in [1.807, 2.05) is 31.2 Å². The molecule has 2 rings (SSSR count). The molecule has 3 nitrogen and oxygen atoms in total. The third-order valence-electron chi connectivity index (χ3n) is 4.09. The van der Waals surface area contributed by atoms with Crippen molar-refractivity contribution >= 4 is 12.0 Å². The van der Waals surface area contributed by atoms with E-state index in [4.69, 9.17) is 0 Å². The molecule has 0 spiro atoms. The largest absolute Gasteiger partial charge is 0.414 e. The molecule has 1 aromatic carbocycles. The van der Waals surface area contributed by atoms with Crippen LogP contribution in [0, 0.1) is 12.8 Å². The molecule has 1 heterocycles. The van der Waals surface area contributed by atoms with Gasteiger partial charge in [0.1, 0.15) is 0 Å². The number of aryl methyl sites for hydroxylation is 1. The van der Waals surface area contributed by atoms with Gasteiger partial charge in [-0.2, -0.15) is 13.2 Å². The minimum absolute atomic E-state index is 0.157. The fourth-order valence-electron chi connectivity index (χ4n) is 2.75. The number of halogens is 3. The number of aliphatic hydroxyl groups is 1. The average molecular weight is 327 g/mol. The summed E-state index contributed by atoms with van der Waals surface area (Å²) in [5, 5.41) is 9.27. The van der Waals surface area contributed by atoms with Crippen molar-refractivity contribution in [2.45, 2.75) is 32.0 Å². The van der Waals surface area contributed by atoms with Gasteiger partial charge in [-0.15, -0.1) is 0 Å². The number of piperidine rings is 1. The van der Waals surface area contributed by atoms with Gasteiger partial charge < -0.3 is 10.0 Å². The topological polar surface area (TPSA) is 40.5 Å². The van der Waals surface area contributed by atoms with Crippen LogP contribution in [0.1, 0.15) is 24.0 Å². The molecule has 1 atom stereocenters. The number of nitrogens with zero attached hydrogens (tertiary/aromatic N) is 1. The molecule has 0 aliphatic carbocycles. The maximum Gasteiger partial charge on any atom is 0.414 e. The molecule has 0 radical (unpaired) electrons. The molecular weight excluding hydrogens is 307 g/mol. The van der Waals surface area contributed by atoms with Crippen molar-refractivity contribution in [1.82, 2.24) is 4.90 Å². The van der Waals surface area contributed by atoms with Gasteiger partial charge in [0, 0.05) is 19.2 Å². The molecule has 1 N–H and O–H groups in total. The van der Waals surface area contributed by atoms with Crippen LogP contribution in [0.15, 0.2) is 30.3 Å². The maximum atomic E-state index is 12.5. The van der Waals surface area contributed by atoms with Crippen LogP contribution in [0.25, 0.3) is 6.08 Å². The zero-order valence-electron chi connectivity index (χ0n) is 12.9. The molecule has 1 fully saturated rings. The maximum absolute atomic E-state index is 12.5. The predicted octanol–water partition coefficient (Wildman–Crippen LogP) is 3.17. The van der Waals surface area contributed by atoms with Crippen LogP contribution in [-0.2, 0) is 4.79 Å². The van der Waals surface area contributed by atoms with Gasteiger partial charge in [-0.25, -0.2) is 0 Å². The summed E-state index contributed by atoms with van der Waals surface area (Å²) in [6.45, 7) is 2.42. The van der Waals surface area contributed by atoms with Crippen molar-refractivity contribution in [3.63, 3.8) is 0 Å². The number of alkyl halides is 3. The molecule has 1 aromatic rings. The highest BCUT2D eigenvalue weighted by Gasteiger charge is 2.44. The summed E-state index contributed by atoms with van der Waals surface area (Å²) in [5.74, 6) is -1.05. The number of likely N-dealkylation sites (tertiary alicyclic amines) is 1. The molecule has 1 aliphatic heterocycles. The summed E-state index contributed by atoms with van der Waals surface area (Å²) < 4.78 is 37.5. The van der Waals surface area contributed by atoms with Gasteiger partial charge in [-0.1, -0.05) is 29.8 Å². The van der Waals surface area contributed by atoms with Gasteiger partial charge in [-0.05, 0) is 37.3 Å². The number of hydrogen-bond acceptors (Lipinski definition) is 2. The normalized spacial score (nSPS) is 18.4. The second-order valence-corrected chi connectivity index (χ2v) is 5.90. The highest BCUT2D eigenvalue weighted by Crippen LogP contribution is 2.31. The second-order valence-electron chi connectivity index (χ2n) is 5.90. The Labute approximate surface area is 133 Å². The molecule has 1 unspecified atom stereocenters. The highest BCUT2D eigenvalue weighted by atomic mass is 19.4. The molecule has 0 bridgehead atoms. The minimum atomic E-state index is -4.60. The van der Waals surface area contributed by atoms with Gasteiger partial charge in [-0.3, -0.25) is 4.79 Å². The third-order valence-corrected chi connectivity index (χ3v) is 4.09. The minimum Gasteiger partial charge on any atom is -0.383 e. The SMILES string of the molecule is Cc1cccc(/C=C/C(=O)N2CCC(C(O)C(F)(F)F)CC2)c1. The van der Waals surface area contributed by atoms with Crippen LogP contribution in [0.4, 0.5) is 13.2 Å². The Morgan fingerprint density at radius 3 is 2.57 bits per heavy atom. The van der Waals surface area contributed by atoms with E-state index in [9.17, 15) is 23.1 Å². The van der Waals surface area contributed by atoms with Crippen LogP contribution >= 0.6 is 0 Å². The van der Waals surface area contributed by atoms with Gasteiger partial charge >= 0.3 is 6.18 Å². The Balaban J connectivity index is 1.89. The van der Waals surface area contributed by atoms with Gasteiger partial charge in [0.15, 0.2) is 6.10 Å². The first kappa shape index (κ1) is 17.5. The molecule has 0 saturated carbocycles. The van der Waals surface area contributed by atoms with E-state index >= 15 is 0 Å². The lowest BCUT2D eigenvalue weighted by atomic mass is 9.91. The number of benzene rings is 1. The fourth-order valence-corrected chi connectivity index (χ4v) is 2.75. The molecule has 23 heavy (non-hydrogen) atoms. The zero-order chi connectivity index (χ0) is 17.0. The summed E-state index contributed by atoms with van der Waals surface area (Å²) in [5.41, 5.74) is 1.99. The first-order chi connectivity index (χ1) is 10.8. The van der Waals surface area contributed by atoms with Crippen molar-refractivity contribution in [3.05, 3.63) is 41.5 Å². The van der Waals surface area contributed by atoms with E-state index in [-0.39, 0.29) is 31.8 Å². The zero-order valence-corrected chi connectivity index (χ0v) is 12.9. The van der Waals surface area contributed by atoms with Crippen molar-refractivity contribution < 1.29 is 23.1 Å². The Hall–Kier alpha value is -1.82. The number of carbonyl (C=O) groups excluding carboxylic acids is 1. The Morgan fingerprint density at radius 1 is 1.35 bits per heavy atom. The second kappa shape index (κ2) is 7.17. The van der Waals surface area contributed by atoms with Gasteiger partial charge in [0.05, 0.1) is 0 Å². The van der Waals surface area contributed by atoms with E-state index in [1.165, 1.54) is 11.0 Å². The fraction of sp³-hybridized carbons (Fsp3) is 0.471. The van der Waals surface area contributed by atoms with Crippen LogP contribution in [0.5, 0.6) is 0 Å². The van der Waals surface area contributed by atoms with E-state index in [2.05, 4.69) is 0 Å². The lowest BCUT2D eigenvalue weighted by Gasteiger charge is -2.34. The molecule has 1 saturated heterocycles. The molecule has 6 heteroatoms. The molecular formula is C17H20F3NO2. The number of rotatable bonds is 3. The first-order valence-corrected chi connectivity index (χ1v) is 7.56. The number of carbonyl (C=O) groups is 1. The molecule has 126 valence electrons. The van der Waals surface area contributed by atoms with E-state index < -0.39 is 18.2 Å². The van der Waals surface area contributed by atoms with Crippen LogP contribution in [-0.4, -0.2) is 41.3 Å². The van der Waals surface area contributed by atoms with Gasteiger partial charge in [0.2, 0.25) is 5.91 Å². The standard InChI is InChI=1S/C17H20F3NO2/c1-12-3-2-4-13(11-12)5-6-15(22)21-9-7-14(8-10-21)16(23)17(18,19)20/h2-6,11,14,16,23H,7-10H2,1H3/b6-5+.